The van der Waals surface area contributed by atoms with Crippen molar-refractivity contribution in [1.29, 1.82) is 0 Å². The van der Waals surface area contributed by atoms with Crippen molar-refractivity contribution in [2.75, 3.05) is 23.3 Å². The molecule has 0 saturated carbocycles. The number of benzene rings is 2. The van der Waals surface area contributed by atoms with Gasteiger partial charge in [-0.15, -0.1) is 5.10 Å². The number of nitrogens with one attached hydrogen (secondary N) is 1. The zero-order valence-electron chi connectivity index (χ0n) is 18.0. The lowest BCUT2D eigenvalue weighted by Crippen LogP contribution is -2.38. The van der Waals surface area contributed by atoms with Crippen molar-refractivity contribution in [2.45, 2.75) is 25.9 Å². The van der Waals surface area contributed by atoms with Crippen LogP contribution in [0.2, 0.25) is 0 Å². The van der Waals surface area contributed by atoms with Crippen molar-refractivity contribution in [3.05, 3.63) is 64.0 Å². The first-order chi connectivity index (χ1) is 16.1. The largest absolute Gasteiger partial charge is 0.416 e. The lowest BCUT2D eigenvalue weighted by molar-refractivity contribution is -0.384. The van der Waals surface area contributed by atoms with Crippen LogP contribution in [-0.4, -0.2) is 44.1 Å². The Morgan fingerprint density at radius 2 is 1.91 bits per heavy atom. The van der Waals surface area contributed by atoms with Gasteiger partial charge in [-0.05, 0) is 60.5 Å². The van der Waals surface area contributed by atoms with Crippen molar-refractivity contribution in [2.24, 2.45) is 5.92 Å². The van der Waals surface area contributed by atoms with Crippen molar-refractivity contribution in [3.8, 4) is 5.69 Å². The number of hydrogen-bond acceptors (Lipinski definition) is 7. The summed E-state index contributed by atoms with van der Waals surface area (Å²) in [5.74, 6) is 0.0450. The molecule has 1 aliphatic rings. The Kier molecular flexibility index (Phi) is 6.18. The maximum Gasteiger partial charge on any atom is 0.416 e. The number of tetrazole rings is 1. The van der Waals surface area contributed by atoms with E-state index in [0.29, 0.717) is 49.2 Å². The highest BCUT2D eigenvalue weighted by atomic mass is 19.4. The predicted molar refractivity (Wildman–Crippen MR) is 116 cm³/mol. The number of halogens is 3. The minimum Gasteiger partial charge on any atom is -0.366 e. The highest BCUT2D eigenvalue weighted by molar-refractivity contribution is 5.93. The van der Waals surface area contributed by atoms with Gasteiger partial charge in [-0.1, -0.05) is 6.07 Å². The van der Waals surface area contributed by atoms with E-state index in [1.807, 2.05) is 0 Å². The second-order valence-corrected chi connectivity index (χ2v) is 7.90. The number of carbonyl (C=O) groups is 1. The number of nitro groups is 1. The van der Waals surface area contributed by atoms with Crippen molar-refractivity contribution in [1.82, 2.24) is 20.2 Å². The smallest absolute Gasteiger partial charge is 0.366 e. The summed E-state index contributed by atoms with van der Waals surface area (Å²) in [6, 6.07) is 9.54. The summed E-state index contributed by atoms with van der Waals surface area (Å²) >= 11 is 0. The predicted octanol–water partition coefficient (Wildman–Crippen LogP) is 3.75. The summed E-state index contributed by atoms with van der Waals surface area (Å²) < 4.78 is 40.4. The number of alkyl halides is 3. The van der Waals surface area contributed by atoms with Crippen LogP contribution in [0.4, 0.5) is 30.2 Å². The summed E-state index contributed by atoms with van der Waals surface area (Å²) in [7, 11) is 0. The van der Waals surface area contributed by atoms with Crippen molar-refractivity contribution >= 4 is 23.0 Å². The molecule has 0 radical (unpaired) electrons. The number of piperidine rings is 1. The number of aromatic nitrogens is 4. The average Bonchev–Trinajstić information content (AvgIpc) is 3.24. The number of nitro benzene ring substituents is 1. The molecule has 3 aromatic rings. The number of rotatable bonds is 5. The summed E-state index contributed by atoms with van der Waals surface area (Å²) in [4.78, 5) is 25.0. The van der Waals surface area contributed by atoms with Crippen molar-refractivity contribution < 1.29 is 22.9 Å². The molecule has 1 amide bonds. The Morgan fingerprint density at radius 1 is 1.18 bits per heavy atom. The number of hydrogen-bond donors (Lipinski definition) is 1. The minimum absolute atomic E-state index is 0.112. The van der Waals surface area contributed by atoms with Gasteiger partial charge in [-0.25, -0.2) is 0 Å². The molecule has 178 valence electrons. The molecule has 0 aliphatic carbocycles. The van der Waals surface area contributed by atoms with E-state index in [2.05, 4.69) is 20.8 Å². The zero-order chi connectivity index (χ0) is 24.5. The van der Waals surface area contributed by atoms with E-state index in [-0.39, 0.29) is 17.5 Å². The summed E-state index contributed by atoms with van der Waals surface area (Å²) in [6.45, 7) is 2.35. The van der Waals surface area contributed by atoms with Crippen LogP contribution in [0.5, 0.6) is 0 Å². The molecule has 2 aromatic carbocycles. The fraction of sp³-hybridized carbons (Fsp3) is 0.333. The molecule has 13 heteroatoms. The van der Waals surface area contributed by atoms with E-state index >= 15 is 0 Å². The third-order valence-electron chi connectivity index (χ3n) is 5.69. The van der Waals surface area contributed by atoms with Crippen LogP contribution < -0.4 is 10.2 Å². The third-order valence-corrected chi connectivity index (χ3v) is 5.69. The number of carbonyl (C=O) groups excluding carboxylic acids is 1. The molecule has 1 aliphatic heterocycles. The van der Waals surface area contributed by atoms with Crippen LogP contribution in [0.25, 0.3) is 5.69 Å². The van der Waals surface area contributed by atoms with E-state index < -0.39 is 22.4 Å². The minimum atomic E-state index is -4.67. The highest BCUT2D eigenvalue weighted by Crippen LogP contribution is 2.37. The first kappa shape index (κ1) is 23.1. The molecular weight excluding hydrogens is 455 g/mol. The standard InChI is InChI=1S/C21H20F3N7O3/c1-13-26-27-28-30(13)17-4-2-3-16(12-17)25-20(32)14-7-9-29(10-8-14)18-6-5-15(21(22,23)24)11-19(18)31(33)34/h2-6,11-12,14H,7-10H2,1H3,(H,25,32). The Labute approximate surface area is 191 Å². The Morgan fingerprint density at radius 3 is 2.53 bits per heavy atom. The fourth-order valence-electron chi connectivity index (χ4n) is 3.93. The first-order valence-electron chi connectivity index (χ1n) is 10.4. The van der Waals surface area contributed by atoms with Crippen LogP contribution in [0.3, 0.4) is 0 Å². The maximum atomic E-state index is 13.0. The van der Waals surface area contributed by atoms with E-state index in [4.69, 9.17) is 0 Å². The highest BCUT2D eigenvalue weighted by Gasteiger charge is 2.35. The molecular formula is C21H20F3N7O3. The second-order valence-electron chi connectivity index (χ2n) is 7.90. The maximum absolute atomic E-state index is 13.0. The van der Waals surface area contributed by atoms with E-state index in [0.717, 1.165) is 12.1 Å². The number of nitrogens with zero attached hydrogens (tertiary/aromatic N) is 6. The lowest BCUT2D eigenvalue weighted by atomic mass is 9.95. The molecule has 10 nitrogen and oxygen atoms in total. The Bertz CT molecular complexity index is 1220. The molecule has 34 heavy (non-hydrogen) atoms. The average molecular weight is 475 g/mol. The van der Waals surface area contributed by atoms with Crippen LogP contribution in [0.1, 0.15) is 24.2 Å². The van der Waals surface area contributed by atoms with Gasteiger partial charge in [-0.2, -0.15) is 17.9 Å². The van der Waals surface area contributed by atoms with Crippen LogP contribution in [-0.2, 0) is 11.0 Å². The molecule has 0 unspecified atom stereocenters. The van der Waals surface area contributed by atoms with Gasteiger partial charge in [0.25, 0.3) is 5.69 Å². The van der Waals surface area contributed by atoms with Gasteiger partial charge in [0.05, 0.1) is 16.2 Å². The fourth-order valence-corrected chi connectivity index (χ4v) is 3.93. The van der Waals surface area contributed by atoms with Crippen molar-refractivity contribution in [3.63, 3.8) is 0 Å². The molecule has 4 rings (SSSR count). The molecule has 0 bridgehead atoms. The Balaban J connectivity index is 1.42. The molecule has 0 spiro atoms. The third kappa shape index (κ3) is 4.82. The summed E-state index contributed by atoms with van der Waals surface area (Å²) in [5, 5.41) is 25.6. The molecule has 1 aromatic heterocycles. The van der Waals surface area contributed by atoms with Gasteiger partial charge in [0.1, 0.15) is 5.69 Å². The van der Waals surface area contributed by atoms with Gasteiger partial charge >= 0.3 is 6.18 Å². The van der Waals surface area contributed by atoms with Gasteiger partial charge in [-0.3, -0.25) is 14.9 Å². The Hall–Kier alpha value is -4.03. The topological polar surface area (TPSA) is 119 Å². The van der Waals surface area contributed by atoms with Gasteiger partial charge in [0.15, 0.2) is 5.82 Å². The van der Waals surface area contributed by atoms with E-state index in [1.54, 1.807) is 36.1 Å². The van der Waals surface area contributed by atoms with Gasteiger partial charge in [0, 0.05) is 30.8 Å². The number of aryl methyl sites for hydroxylation is 1. The number of anilines is 2. The van der Waals surface area contributed by atoms with E-state index in [1.165, 1.54) is 4.68 Å². The summed E-state index contributed by atoms with van der Waals surface area (Å²) in [6.07, 6.45) is -3.87. The van der Waals surface area contributed by atoms with Gasteiger partial charge < -0.3 is 10.2 Å². The zero-order valence-corrected chi connectivity index (χ0v) is 18.0. The monoisotopic (exact) mass is 475 g/mol. The first-order valence-corrected chi connectivity index (χ1v) is 10.4. The SMILES string of the molecule is Cc1nnnn1-c1cccc(NC(=O)C2CCN(c3ccc(C(F)(F)F)cc3[N+](=O)[O-])CC2)c1. The molecule has 1 fully saturated rings. The summed E-state index contributed by atoms with van der Waals surface area (Å²) in [5.41, 5.74) is -0.312. The number of amides is 1. The second kappa shape index (κ2) is 9.08. The van der Waals surface area contributed by atoms with Crippen LogP contribution in [0, 0.1) is 23.0 Å². The lowest BCUT2D eigenvalue weighted by Gasteiger charge is -2.32. The molecule has 1 N–H and O–H groups in total. The normalized spacial score (nSPS) is 14.8. The van der Waals surface area contributed by atoms with E-state index in [9.17, 15) is 28.1 Å². The molecule has 0 atom stereocenters. The quantitative estimate of drug-likeness (QED) is 0.441. The van der Waals surface area contributed by atoms with Crippen LogP contribution >= 0.6 is 0 Å². The van der Waals surface area contributed by atoms with Gasteiger partial charge in [0.2, 0.25) is 5.91 Å². The van der Waals surface area contributed by atoms with Crippen LogP contribution in [0.15, 0.2) is 42.5 Å². The molecule has 1 saturated heterocycles. The molecule has 2 heterocycles.